The summed E-state index contributed by atoms with van der Waals surface area (Å²) in [6.45, 7) is 4.76. The zero-order chi connectivity index (χ0) is 19.2. The number of carbonyl (C=O) groups is 1. The quantitative estimate of drug-likeness (QED) is 0.815. The molecule has 0 unspecified atom stereocenters. The highest BCUT2D eigenvalue weighted by Crippen LogP contribution is 2.23. The van der Waals surface area contributed by atoms with Gasteiger partial charge in [-0.2, -0.15) is 0 Å². The fourth-order valence-corrected chi connectivity index (χ4v) is 3.61. The fraction of sp³-hybridized carbons (Fsp3) is 0.409. The monoisotopic (exact) mass is 368 g/mol. The maximum atomic E-state index is 12.6. The molecule has 0 radical (unpaired) electrons. The van der Waals surface area contributed by atoms with Gasteiger partial charge >= 0.3 is 0 Å². The van der Waals surface area contributed by atoms with Gasteiger partial charge in [-0.3, -0.25) is 9.69 Å². The average molecular weight is 368 g/mol. The number of amides is 1. The van der Waals surface area contributed by atoms with Crippen molar-refractivity contribution in [2.75, 3.05) is 27.3 Å². The molecule has 1 N–H and O–H groups in total. The number of methoxy groups -OCH3 is 2. The number of fused-ring (bicyclic) bond motifs is 1. The second-order valence-electron chi connectivity index (χ2n) is 6.86. The molecule has 0 saturated heterocycles. The highest BCUT2D eigenvalue weighted by Gasteiger charge is 2.23. The number of rotatable bonds is 7. The molecule has 2 aromatic rings. The third-order valence-electron chi connectivity index (χ3n) is 5.26. The van der Waals surface area contributed by atoms with E-state index in [0.717, 1.165) is 25.9 Å². The molecule has 3 rings (SSSR count). The lowest BCUT2D eigenvalue weighted by Gasteiger charge is -2.35. The van der Waals surface area contributed by atoms with Gasteiger partial charge in [-0.05, 0) is 36.1 Å². The van der Waals surface area contributed by atoms with Gasteiger partial charge in [0.2, 0.25) is 0 Å². The molecule has 0 spiro atoms. The Bertz CT molecular complexity index is 769. The zero-order valence-corrected chi connectivity index (χ0v) is 16.3. The fourth-order valence-electron chi connectivity index (χ4n) is 3.61. The summed E-state index contributed by atoms with van der Waals surface area (Å²) >= 11 is 0. The van der Waals surface area contributed by atoms with Crippen LogP contribution in [0.25, 0.3) is 0 Å². The number of nitrogens with zero attached hydrogens (tertiary/aromatic N) is 1. The Balaban J connectivity index is 1.64. The summed E-state index contributed by atoms with van der Waals surface area (Å²) in [5, 5.41) is 3.08. The van der Waals surface area contributed by atoms with Crippen LogP contribution in [0.4, 0.5) is 0 Å². The average Bonchev–Trinajstić information content (AvgIpc) is 2.73. The van der Waals surface area contributed by atoms with Gasteiger partial charge in [-0.1, -0.05) is 31.2 Å². The minimum atomic E-state index is -0.108. The number of benzene rings is 2. The largest absolute Gasteiger partial charge is 0.497 e. The summed E-state index contributed by atoms with van der Waals surface area (Å²) in [5.41, 5.74) is 3.38. The first-order chi connectivity index (χ1) is 13.1. The van der Waals surface area contributed by atoms with Crippen molar-refractivity contribution in [3.05, 3.63) is 59.2 Å². The maximum absolute atomic E-state index is 12.6. The molecule has 1 amide bonds. The van der Waals surface area contributed by atoms with Crippen molar-refractivity contribution in [1.82, 2.24) is 10.2 Å². The highest BCUT2D eigenvalue weighted by atomic mass is 16.5. The van der Waals surface area contributed by atoms with Crippen molar-refractivity contribution in [1.29, 1.82) is 0 Å². The van der Waals surface area contributed by atoms with Gasteiger partial charge in [-0.25, -0.2) is 0 Å². The van der Waals surface area contributed by atoms with Crippen LogP contribution >= 0.6 is 0 Å². The lowest BCUT2D eigenvalue weighted by molar-refractivity contribution is 0.0925. The molecule has 0 fully saturated rings. The van der Waals surface area contributed by atoms with Crippen LogP contribution in [0.5, 0.6) is 11.5 Å². The van der Waals surface area contributed by atoms with E-state index in [1.165, 1.54) is 11.1 Å². The molecule has 2 aromatic carbocycles. The maximum Gasteiger partial charge on any atom is 0.251 e. The molecule has 0 aliphatic carbocycles. The molecule has 0 saturated carbocycles. The van der Waals surface area contributed by atoms with E-state index in [0.29, 0.717) is 29.6 Å². The van der Waals surface area contributed by atoms with Crippen molar-refractivity contribution in [3.63, 3.8) is 0 Å². The SMILES string of the molecule is CC[C@@H](CNC(=O)c1cc(OC)cc(OC)c1)N1CCc2ccccc2C1. The lowest BCUT2D eigenvalue weighted by Crippen LogP contribution is -2.45. The van der Waals surface area contributed by atoms with Gasteiger partial charge < -0.3 is 14.8 Å². The molecule has 1 aliphatic heterocycles. The Labute approximate surface area is 161 Å². The van der Waals surface area contributed by atoms with E-state index in [9.17, 15) is 4.79 Å². The van der Waals surface area contributed by atoms with Crippen LogP contribution in [0, 0.1) is 0 Å². The van der Waals surface area contributed by atoms with E-state index in [2.05, 4.69) is 41.4 Å². The summed E-state index contributed by atoms with van der Waals surface area (Å²) in [6, 6.07) is 14.2. The van der Waals surface area contributed by atoms with Gasteiger partial charge in [0, 0.05) is 37.3 Å². The first-order valence-corrected chi connectivity index (χ1v) is 9.46. The number of carbonyl (C=O) groups excluding carboxylic acids is 1. The highest BCUT2D eigenvalue weighted by molar-refractivity contribution is 5.95. The Morgan fingerprint density at radius 3 is 2.41 bits per heavy atom. The minimum absolute atomic E-state index is 0.108. The molecule has 144 valence electrons. The number of nitrogens with one attached hydrogen (secondary N) is 1. The van der Waals surface area contributed by atoms with Crippen LogP contribution in [0.15, 0.2) is 42.5 Å². The molecule has 0 aromatic heterocycles. The van der Waals surface area contributed by atoms with Gasteiger partial charge in [0.15, 0.2) is 0 Å². The van der Waals surface area contributed by atoms with Crippen molar-refractivity contribution in [2.24, 2.45) is 0 Å². The standard InChI is InChI=1S/C22H28N2O3/c1-4-19(24-10-9-16-7-5-6-8-17(16)15-24)14-23-22(25)18-11-20(26-2)13-21(12-18)27-3/h5-8,11-13,19H,4,9-10,14-15H2,1-3H3,(H,23,25)/t19-/m0/s1. The molecule has 27 heavy (non-hydrogen) atoms. The number of ether oxygens (including phenoxy) is 2. The first-order valence-electron chi connectivity index (χ1n) is 9.46. The van der Waals surface area contributed by atoms with E-state index in [1.807, 2.05) is 0 Å². The van der Waals surface area contributed by atoms with E-state index in [4.69, 9.17) is 9.47 Å². The summed E-state index contributed by atoms with van der Waals surface area (Å²) < 4.78 is 10.5. The van der Waals surface area contributed by atoms with Gasteiger partial charge in [0.05, 0.1) is 14.2 Å². The molecule has 5 nitrogen and oxygen atoms in total. The summed E-state index contributed by atoms with van der Waals surface area (Å²) in [5.74, 6) is 1.11. The molecule has 0 bridgehead atoms. The van der Waals surface area contributed by atoms with Crippen molar-refractivity contribution in [3.8, 4) is 11.5 Å². The van der Waals surface area contributed by atoms with E-state index < -0.39 is 0 Å². The third kappa shape index (κ3) is 4.61. The normalized spacial score (nSPS) is 14.9. The van der Waals surface area contributed by atoms with Crippen LogP contribution in [-0.2, 0) is 13.0 Å². The van der Waals surface area contributed by atoms with Crippen molar-refractivity contribution < 1.29 is 14.3 Å². The molecule has 1 aliphatic rings. The summed E-state index contributed by atoms with van der Waals surface area (Å²) in [6.07, 6.45) is 2.05. The predicted molar refractivity (Wildman–Crippen MR) is 107 cm³/mol. The predicted octanol–water partition coefficient (Wildman–Crippen LogP) is 3.27. The second kappa shape index (κ2) is 8.91. The molecule has 1 atom stereocenters. The van der Waals surface area contributed by atoms with Crippen LogP contribution in [-0.4, -0.2) is 44.2 Å². The van der Waals surface area contributed by atoms with E-state index in [1.54, 1.807) is 32.4 Å². The molecule has 5 heteroatoms. The van der Waals surface area contributed by atoms with Crippen LogP contribution in [0.1, 0.15) is 34.8 Å². The zero-order valence-electron chi connectivity index (χ0n) is 16.3. The molecule has 1 heterocycles. The smallest absolute Gasteiger partial charge is 0.251 e. The molecular weight excluding hydrogens is 340 g/mol. The van der Waals surface area contributed by atoms with Crippen LogP contribution in [0.3, 0.4) is 0 Å². The van der Waals surface area contributed by atoms with E-state index in [-0.39, 0.29) is 5.91 Å². The first kappa shape index (κ1) is 19.2. The lowest BCUT2D eigenvalue weighted by atomic mass is 9.98. The number of hydrogen-bond acceptors (Lipinski definition) is 4. The third-order valence-corrected chi connectivity index (χ3v) is 5.26. The number of hydrogen-bond donors (Lipinski definition) is 1. The van der Waals surface area contributed by atoms with Gasteiger partial charge in [-0.15, -0.1) is 0 Å². The molecular formula is C22H28N2O3. The minimum Gasteiger partial charge on any atom is -0.497 e. The topological polar surface area (TPSA) is 50.8 Å². The van der Waals surface area contributed by atoms with Crippen LogP contribution < -0.4 is 14.8 Å². The van der Waals surface area contributed by atoms with Crippen molar-refractivity contribution in [2.45, 2.75) is 32.4 Å². The van der Waals surface area contributed by atoms with Gasteiger partial charge in [0.25, 0.3) is 5.91 Å². The Hall–Kier alpha value is -2.53. The van der Waals surface area contributed by atoms with E-state index >= 15 is 0 Å². The summed E-state index contributed by atoms with van der Waals surface area (Å²) in [7, 11) is 3.16. The Morgan fingerprint density at radius 1 is 1.11 bits per heavy atom. The second-order valence-corrected chi connectivity index (χ2v) is 6.86. The Morgan fingerprint density at radius 2 is 1.78 bits per heavy atom. The van der Waals surface area contributed by atoms with Crippen LogP contribution in [0.2, 0.25) is 0 Å². The van der Waals surface area contributed by atoms with Crippen molar-refractivity contribution >= 4 is 5.91 Å². The Kier molecular flexibility index (Phi) is 6.35. The van der Waals surface area contributed by atoms with Gasteiger partial charge in [0.1, 0.15) is 11.5 Å². The summed E-state index contributed by atoms with van der Waals surface area (Å²) in [4.78, 5) is 15.1.